The van der Waals surface area contributed by atoms with Gasteiger partial charge in [0.05, 0.1) is 9.26 Å². The van der Waals surface area contributed by atoms with Crippen molar-refractivity contribution < 1.29 is 9.59 Å². The SMILES string of the molecule is Cc1nn(CCC(=O)Nc2ccc(NC(=O)c3ccn(C)n3)cc2)cc1I. The first-order chi connectivity index (χ1) is 12.9. The number of aryl methyl sites for hydroxylation is 3. The van der Waals surface area contributed by atoms with Crippen LogP contribution in [0.1, 0.15) is 22.6 Å². The molecule has 0 aliphatic heterocycles. The monoisotopic (exact) mass is 478 g/mol. The number of amides is 2. The number of nitrogens with zero attached hydrogens (tertiary/aromatic N) is 4. The minimum absolute atomic E-state index is 0.0940. The lowest BCUT2D eigenvalue weighted by molar-refractivity contribution is -0.116. The molecule has 0 fully saturated rings. The zero-order valence-electron chi connectivity index (χ0n) is 14.9. The predicted octanol–water partition coefficient (Wildman–Crippen LogP) is 2.81. The molecule has 2 heterocycles. The van der Waals surface area contributed by atoms with Crippen molar-refractivity contribution in [1.29, 1.82) is 0 Å². The molecule has 0 spiro atoms. The van der Waals surface area contributed by atoms with E-state index < -0.39 is 0 Å². The topological polar surface area (TPSA) is 93.8 Å². The summed E-state index contributed by atoms with van der Waals surface area (Å²) in [5.41, 5.74) is 2.60. The fourth-order valence-electron chi connectivity index (χ4n) is 2.42. The molecule has 140 valence electrons. The molecule has 0 aliphatic carbocycles. The van der Waals surface area contributed by atoms with Gasteiger partial charge in [0.25, 0.3) is 5.91 Å². The van der Waals surface area contributed by atoms with E-state index in [0.29, 0.717) is 30.0 Å². The normalized spacial score (nSPS) is 10.6. The second-order valence-corrected chi connectivity index (χ2v) is 7.19. The van der Waals surface area contributed by atoms with E-state index in [9.17, 15) is 9.59 Å². The molecule has 0 aliphatic rings. The summed E-state index contributed by atoms with van der Waals surface area (Å²) in [6.45, 7) is 2.46. The van der Waals surface area contributed by atoms with E-state index in [-0.39, 0.29) is 11.8 Å². The number of halogens is 1. The number of hydrogen-bond acceptors (Lipinski definition) is 4. The van der Waals surface area contributed by atoms with Crippen molar-refractivity contribution in [3.63, 3.8) is 0 Å². The third-order valence-electron chi connectivity index (χ3n) is 3.83. The maximum absolute atomic E-state index is 12.1. The van der Waals surface area contributed by atoms with Crippen LogP contribution >= 0.6 is 22.6 Å². The minimum atomic E-state index is -0.281. The Labute approximate surface area is 170 Å². The molecular weight excluding hydrogens is 459 g/mol. The zero-order chi connectivity index (χ0) is 19.4. The molecule has 0 atom stereocenters. The number of carbonyl (C=O) groups excluding carboxylic acids is 2. The summed E-state index contributed by atoms with van der Waals surface area (Å²) in [4.78, 5) is 24.2. The zero-order valence-corrected chi connectivity index (χ0v) is 17.1. The van der Waals surface area contributed by atoms with Crippen LogP contribution in [-0.2, 0) is 18.4 Å². The number of hydrogen-bond donors (Lipinski definition) is 2. The van der Waals surface area contributed by atoms with Crippen LogP contribution in [-0.4, -0.2) is 31.4 Å². The van der Waals surface area contributed by atoms with Gasteiger partial charge in [-0.15, -0.1) is 0 Å². The summed E-state index contributed by atoms with van der Waals surface area (Å²) in [6.07, 6.45) is 3.95. The molecule has 3 rings (SSSR count). The summed E-state index contributed by atoms with van der Waals surface area (Å²) in [5, 5.41) is 14.0. The molecule has 2 N–H and O–H groups in total. The smallest absolute Gasteiger partial charge is 0.276 e. The van der Waals surface area contributed by atoms with Gasteiger partial charge in [0.15, 0.2) is 5.69 Å². The van der Waals surface area contributed by atoms with Crippen LogP contribution in [0.25, 0.3) is 0 Å². The van der Waals surface area contributed by atoms with Crippen molar-refractivity contribution in [2.75, 3.05) is 10.6 Å². The largest absolute Gasteiger partial charge is 0.326 e. The van der Waals surface area contributed by atoms with Crippen molar-refractivity contribution in [2.24, 2.45) is 7.05 Å². The number of benzene rings is 1. The van der Waals surface area contributed by atoms with Gasteiger partial charge < -0.3 is 10.6 Å². The number of rotatable bonds is 6. The molecule has 0 saturated heterocycles. The molecule has 8 nitrogen and oxygen atoms in total. The highest BCUT2D eigenvalue weighted by atomic mass is 127. The van der Waals surface area contributed by atoms with Gasteiger partial charge in [0.2, 0.25) is 5.91 Å². The molecule has 2 aromatic heterocycles. The molecule has 9 heteroatoms. The van der Waals surface area contributed by atoms with Crippen LogP contribution in [0.3, 0.4) is 0 Å². The molecule has 27 heavy (non-hydrogen) atoms. The lowest BCUT2D eigenvalue weighted by Crippen LogP contribution is -2.15. The molecule has 0 unspecified atom stereocenters. The van der Waals surface area contributed by atoms with E-state index in [1.54, 1.807) is 52.9 Å². The Hall–Kier alpha value is -2.69. The summed E-state index contributed by atoms with van der Waals surface area (Å²) < 4.78 is 4.42. The second-order valence-electron chi connectivity index (χ2n) is 6.03. The number of carbonyl (C=O) groups is 2. The summed E-state index contributed by atoms with van der Waals surface area (Å²) >= 11 is 2.22. The molecule has 1 aromatic carbocycles. The molecular formula is C18H19IN6O2. The Morgan fingerprint density at radius 1 is 1.07 bits per heavy atom. The summed E-state index contributed by atoms with van der Waals surface area (Å²) in [7, 11) is 1.75. The fourth-order valence-corrected chi connectivity index (χ4v) is 2.85. The van der Waals surface area contributed by atoms with Crippen molar-refractivity contribution in [1.82, 2.24) is 19.6 Å². The minimum Gasteiger partial charge on any atom is -0.326 e. The predicted molar refractivity (Wildman–Crippen MR) is 111 cm³/mol. The first-order valence-electron chi connectivity index (χ1n) is 8.31. The maximum Gasteiger partial charge on any atom is 0.276 e. The van der Waals surface area contributed by atoms with Gasteiger partial charge in [-0.25, -0.2) is 0 Å². The van der Waals surface area contributed by atoms with Gasteiger partial charge in [0.1, 0.15) is 0 Å². The quantitative estimate of drug-likeness (QED) is 0.533. The van der Waals surface area contributed by atoms with E-state index in [1.807, 2.05) is 13.1 Å². The van der Waals surface area contributed by atoms with Gasteiger partial charge in [0, 0.05) is 43.8 Å². The van der Waals surface area contributed by atoms with Gasteiger partial charge in [-0.3, -0.25) is 19.0 Å². The Morgan fingerprint density at radius 2 is 1.74 bits per heavy atom. The highest BCUT2D eigenvalue weighted by Crippen LogP contribution is 2.15. The summed E-state index contributed by atoms with van der Waals surface area (Å²) in [5.74, 6) is -0.375. The van der Waals surface area contributed by atoms with Gasteiger partial charge in [-0.05, 0) is 59.8 Å². The lowest BCUT2D eigenvalue weighted by atomic mass is 10.2. The van der Waals surface area contributed by atoms with Gasteiger partial charge in [-0.1, -0.05) is 0 Å². The number of anilines is 2. The highest BCUT2D eigenvalue weighted by Gasteiger charge is 2.09. The van der Waals surface area contributed by atoms with E-state index in [1.165, 1.54) is 0 Å². The van der Waals surface area contributed by atoms with Gasteiger partial charge in [-0.2, -0.15) is 10.2 Å². The average molecular weight is 478 g/mol. The molecule has 0 radical (unpaired) electrons. The number of nitrogens with one attached hydrogen (secondary N) is 2. The molecule has 3 aromatic rings. The average Bonchev–Trinajstić information content (AvgIpc) is 3.20. The number of aromatic nitrogens is 4. The van der Waals surface area contributed by atoms with E-state index in [0.717, 1.165) is 9.26 Å². The first kappa shape index (κ1) is 19.1. The van der Waals surface area contributed by atoms with Crippen molar-refractivity contribution in [3.05, 3.63) is 57.7 Å². The van der Waals surface area contributed by atoms with Crippen LogP contribution in [0.5, 0.6) is 0 Å². The molecule has 0 saturated carbocycles. The van der Waals surface area contributed by atoms with E-state index >= 15 is 0 Å². The fraction of sp³-hybridized carbons (Fsp3) is 0.222. The standard InChI is InChI=1S/C18H19IN6O2/c1-12-15(19)11-25(22-12)10-8-17(26)20-13-3-5-14(6-4-13)21-18(27)16-7-9-24(2)23-16/h3-7,9,11H,8,10H2,1-2H3,(H,20,26)(H,21,27). The van der Waals surface area contributed by atoms with Crippen LogP contribution < -0.4 is 10.6 Å². The van der Waals surface area contributed by atoms with Crippen molar-refractivity contribution >= 4 is 45.8 Å². The third-order valence-corrected chi connectivity index (χ3v) is 4.89. The van der Waals surface area contributed by atoms with Crippen LogP contribution in [0.4, 0.5) is 11.4 Å². The van der Waals surface area contributed by atoms with Gasteiger partial charge >= 0.3 is 0 Å². The third kappa shape index (κ3) is 5.16. The maximum atomic E-state index is 12.1. The highest BCUT2D eigenvalue weighted by molar-refractivity contribution is 14.1. The Kier molecular flexibility index (Phi) is 5.89. The molecule has 2 amide bonds. The van der Waals surface area contributed by atoms with E-state index in [4.69, 9.17) is 0 Å². The van der Waals surface area contributed by atoms with Crippen LogP contribution in [0, 0.1) is 10.5 Å². The first-order valence-corrected chi connectivity index (χ1v) is 9.39. The Balaban J connectivity index is 1.50. The van der Waals surface area contributed by atoms with E-state index in [2.05, 4.69) is 43.4 Å². The van der Waals surface area contributed by atoms with Crippen LogP contribution in [0.2, 0.25) is 0 Å². The van der Waals surface area contributed by atoms with Crippen molar-refractivity contribution in [2.45, 2.75) is 19.9 Å². The lowest BCUT2D eigenvalue weighted by Gasteiger charge is -2.07. The molecule has 0 bridgehead atoms. The summed E-state index contributed by atoms with van der Waals surface area (Å²) in [6, 6.07) is 8.59. The Morgan fingerprint density at radius 3 is 2.30 bits per heavy atom. The van der Waals surface area contributed by atoms with Crippen LogP contribution in [0.15, 0.2) is 42.7 Å². The van der Waals surface area contributed by atoms with Crippen molar-refractivity contribution in [3.8, 4) is 0 Å². The Bertz CT molecular complexity index is 941. The second kappa shape index (κ2) is 8.33.